The summed E-state index contributed by atoms with van der Waals surface area (Å²) in [5.41, 5.74) is 6.38. The van der Waals surface area contributed by atoms with Gasteiger partial charge in [0.25, 0.3) is 14.1 Å². The molecule has 7 N–H and O–H groups in total. The molecule has 240 valence electrons. The molecular weight excluding hydrogens is 634 g/mol. The number of imidazole rings is 1. The largest absolute Gasteiger partial charge is 0.756 e. The van der Waals surface area contributed by atoms with Crippen molar-refractivity contribution in [3.05, 3.63) is 42.7 Å². The highest BCUT2D eigenvalue weighted by molar-refractivity contribution is 7.60. The summed E-state index contributed by atoms with van der Waals surface area (Å²) in [4.78, 5) is 45.8. The van der Waals surface area contributed by atoms with Crippen LogP contribution in [0.3, 0.4) is 0 Å². The van der Waals surface area contributed by atoms with Gasteiger partial charge in [0, 0.05) is 6.07 Å². The number of anilines is 1. The molecule has 0 spiro atoms. The Morgan fingerprint density at radius 3 is 2.48 bits per heavy atom. The first-order chi connectivity index (χ1) is 20.7. The zero-order valence-electron chi connectivity index (χ0n) is 22.6. The highest BCUT2D eigenvalue weighted by Crippen LogP contribution is 2.58. The summed E-state index contributed by atoms with van der Waals surface area (Å²) < 4.78 is 51.7. The second kappa shape index (κ2) is 12.5. The number of carbonyl (C=O) groups excluding carboxylic acids is 1. The number of phosphoric acid groups is 2. The predicted molar refractivity (Wildman–Crippen MR) is 139 cm³/mol. The van der Waals surface area contributed by atoms with Gasteiger partial charge in [-0.25, -0.2) is 23.8 Å². The van der Waals surface area contributed by atoms with Crippen LogP contribution in [0.25, 0.3) is 11.2 Å². The van der Waals surface area contributed by atoms with Crippen LogP contribution in [0.2, 0.25) is 0 Å². The summed E-state index contributed by atoms with van der Waals surface area (Å²) in [6.45, 7) is -0.528. The number of pyridine rings is 1. The fourth-order valence-electron chi connectivity index (χ4n) is 4.63. The first-order valence-electron chi connectivity index (χ1n) is 12.8. The number of phosphoric ester groups is 2. The lowest BCUT2D eigenvalue weighted by molar-refractivity contribution is -0.765. The number of fused-ring (bicyclic) bond motifs is 1. The van der Waals surface area contributed by atoms with E-state index in [1.165, 1.54) is 46.9 Å². The molecule has 2 fully saturated rings. The molecule has 0 bridgehead atoms. The molecule has 20 nitrogen and oxygen atoms in total. The van der Waals surface area contributed by atoms with Crippen LogP contribution in [-0.4, -0.2) is 100 Å². The number of hydrogen-bond donors (Lipinski definition) is 6. The van der Waals surface area contributed by atoms with Crippen molar-refractivity contribution >= 4 is 38.4 Å². The number of ether oxygens (including phenoxy) is 2. The maximum atomic E-state index is 12.4. The minimum atomic E-state index is -5.60. The van der Waals surface area contributed by atoms with E-state index < -0.39 is 77.9 Å². The summed E-state index contributed by atoms with van der Waals surface area (Å²) in [5, 5.41) is 41.6. The van der Waals surface area contributed by atoms with E-state index in [1.807, 2.05) is 0 Å². The Morgan fingerprint density at radius 2 is 1.75 bits per heavy atom. The Kier molecular flexibility index (Phi) is 9.28. The van der Waals surface area contributed by atoms with Crippen LogP contribution in [-0.2, 0) is 32.0 Å². The molecule has 0 saturated carbocycles. The lowest BCUT2D eigenvalue weighted by atomic mass is 10.1. The van der Waals surface area contributed by atoms with Gasteiger partial charge in [-0.05, 0) is 13.0 Å². The fraction of sp³-hybridized carbons (Fsp3) is 0.500. The Hall–Kier alpha value is -2.81. The Balaban J connectivity index is 1.16. The SMILES string of the molecule is CC(=O)c1ccc[n+]([C@@H]2O[C@@H](COP(=O)([O-])OP(=O)(O)OC[C@@H]3O[C@@H](n4cnc5c(N)ncnc54)[C@H](O)[C@H]3O)[C@H](O)[C@H]2O)c1. The highest BCUT2D eigenvalue weighted by Gasteiger charge is 2.49. The van der Waals surface area contributed by atoms with Crippen LogP contribution >= 0.6 is 15.6 Å². The van der Waals surface area contributed by atoms with Gasteiger partial charge in [0.05, 0.1) is 25.1 Å². The van der Waals surface area contributed by atoms with Crippen molar-refractivity contribution in [2.45, 2.75) is 56.0 Å². The van der Waals surface area contributed by atoms with Crippen molar-refractivity contribution in [2.24, 2.45) is 0 Å². The van der Waals surface area contributed by atoms with Crippen molar-refractivity contribution in [2.75, 3.05) is 18.9 Å². The zero-order chi connectivity index (χ0) is 32.0. The van der Waals surface area contributed by atoms with E-state index in [0.717, 1.165) is 6.33 Å². The number of aliphatic hydroxyl groups excluding tert-OH is 4. The molecule has 0 radical (unpaired) electrons. The van der Waals surface area contributed by atoms with Crippen LogP contribution < -0.4 is 15.2 Å². The average molecular weight is 662 g/mol. The highest BCUT2D eigenvalue weighted by atomic mass is 31.3. The summed E-state index contributed by atoms with van der Waals surface area (Å²) in [5.74, 6) is -0.225. The topological polar surface area (TPSA) is 295 Å². The van der Waals surface area contributed by atoms with Gasteiger partial charge in [0.2, 0.25) is 0 Å². The number of rotatable bonds is 11. The molecule has 44 heavy (non-hydrogen) atoms. The van der Waals surface area contributed by atoms with Crippen LogP contribution in [0.1, 0.15) is 29.7 Å². The van der Waals surface area contributed by atoms with Crippen LogP contribution in [0, 0.1) is 0 Å². The number of carbonyl (C=O) groups is 1. The zero-order valence-corrected chi connectivity index (χ0v) is 24.4. The molecule has 2 aliphatic rings. The Morgan fingerprint density at radius 1 is 1.07 bits per heavy atom. The number of hydrogen-bond acceptors (Lipinski definition) is 17. The third-order valence-electron chi connectivity index (χ3n) is 6.86. The van der Waals surface area contributed by atoms with Crippen molar-refractivity contribution < 1.29 is 71.5 Å². The predicted octanol–water partition coefficient (Wildman–Crippen LogP) is -2.54. The molecule has 5 rings (SSSR count). The number of nitrogens with two attached hydrogens (primary N) is 1. The normalized spacial score (nSPS) is 31.6. The van der Waals surface area contributed by atoms with E-state index in [0.29, 0.717) is 0 Å². The molecule has 3 aromatic rings. The van der Waals surface area contributed by atoms with Gasteiger partial charge in [-0.3, -0.25) is 18.5 Å². The molecule has 2 saturated heterocycles. The average Bonchev–Trinajstić information content (AvgIpc) is 3.61. The van der Waals surface area contributed by atoms with Gasteiger partial charge < -0.3 is 49.9 Å². The molecule has 2 aliphatic heterocycles. The molecule has 0 amide bonds. The second-order valence-electron chi connectivity index (χ2n) is 9.86. The maximum absolute atomic E-state index is 12.4. The fourth-order valence-corrected chi connectivity index (χ4v) is 6.68. The van der Waals surface area contributed by atoms with Crippen molar-refractivity contribution in [1.29, 1.82) is 0 Å². The number of nitrogens with zero attached hydrogens (tertiary/aromatic N) is 5. The summed E-state index contributed by atoms with van der Waals surface area (Å²) in [7, 11) is -11.0. The van der Waals surface area contributed by atoms with Gasteiger partial charge in [-0.2, -0.15) is 4.57 Å². The van der Waals surface area contributed by atoms with Crippen molar-refractivity contribution in [1.82, 2.24) is 19.5 Å². The molecule has 22 heteroatoms. The van der Waals surface area contributed by atoms with E-state index in [-0.39, 0.29) is 28.3 Å². The Bertz CT molecular complexity index is 1630. The second-order valence-corrected chi connectivity index (χ2v) is 12.9. The lowest BCUT2D eigenvalue weighted by Gasteiger charge is -2.26. The number of nitrogen functional groups attached to an aromatic ring is 1. The molecular formula is C22H28N6O14P2. The minimum Gasteiger partial charge on any atom is -0.756 e. The smallest absolute Gasteiger partial charge is 0.478 e. The van der Waals surface area contributed by atoms with E-state index in [1.54, 1.807) is 0 Å². The molecule has 10 atom stereocenters. The number of aromatic nitrogens is 5. The number of aliphatic hydroxyl groups is 4. The molecule has 5 heterocycles. The Labute approximate surface area is 247 Å². The van der Waals surface area contributed by atoms with Gasteiger partial charge in [-0.15, -0.1) is 0 Å². The first-order valence-corrected chi connectivity index (χ1v) is 15.8. The number of ketones is 1. The first kappa shape index (κ1) is 32.6. The summed E-state index contributed by atoms with van der Waals surface area (Å²) >= 11 is 0. The lowest BCUT2D eigenvalue weighted by Crippen LogP contribution is -2.46. The maximum Gasteiger partial charge on any atom is 0.478 e. The molecule has 0 aromatic carbocycles. The van der Waals surface area contributed by atoms with Crippen LogP contribution in [0.5, 0.6) is 0 Å². The van der Waals surface area contributed by atoms with Crippen molar-refractivity contribution in [3.8, 4) is 0 Å². The van der Waals surface area contributed by atoms with E-state index in [4.69, 9.17) is 15.2 Å². The van der Waals surface area contributed by atoms with Crippen LogP contribution in [0.4, 0.5) is 5.82 Å². The van der Waals surface area contributed by atoms with E-state index in [2.05, 4.69) is 28.3 Å². The van der Waals surface area contributed by atoms with Crippen LogP contribution in [0.15, 0.2) is 37.2 Å². The van der Waals surface area contributed by atoms with Gasteiger partial charge in [0.15, 0.2) is 42.0 Å². The monoisotopic (exact) mass is 662 g/mol. The summed E-state index contributed by atoms with van der Waals surface area (Å²) in [6.07, 6.45) is -6.68. The molecule has 2 unspecified atom stereocenters. The quantitative estimate of drug-likeness (QED) is 0.0700. The standard InChI is InChI=1S/C22H28N6O14P2/c1-10(29)11-3-2-4-27(5-11)21-17(32)15(30)12(40-21)6-38-43(34,35)42-44(36,37)39-7-13-16(31)18(33)22(41-13)28-9-26-14-19(23)24-8-25-20(14)28/h2-5,8-9,12-13,15-18,21-22,30-33H,6-7H2,1H3,(H3-,23,24,25,34,35,36,37)/t12-,13-,15-,16-,17+,18+,21+,22+/m0/s1. The number of Topliss-reactive ketones (excluding diaryl/α,β-unsaturated/α-hetero) is 1. The van der Waals surface area contributed by atoms with E-state index in [9.17, 15) is 44.1 Å². The third-order valence-corrected chi connectivity index (χ3v) is 9.43. The van der Waals surface area contributed by atoms with Gasteiger partial charge in [-0.1, -0.05) is 0 Å². The molecule has 3 aromatic heterocycles. The van der Waals surface area contributed by atoms with Crippen molar-refractivity contribution in [3.63, 3.8) is 0 Å². The summed E-state index contributed by atoms with van der Waals surface area (Å²) in [6, 6.07) is 3.02. The van der Waals surface area contributed by atoms with Gasteiger partial charge >= 0.3 is 7.82 Å². The third kappa shape index (κ3) is 6.73. The van der Waals surface area contributed by atoms with Gasteiger partial charge in [0.1, 0.15) is 42.4 Å². The van der Waals surface area contributed by atoms with E-state index >= 15 is 0 Å². The molecule has 0 aliphatic carbocycles. The minimum absolute atomic E-state index is 0.0487.